The van der Waals surface area contributed by atoms with Gasteiger partial charge in [-0.2, -0.15) is 0 Å². The van der Waals surface area contributed by atoms with Crippen molar-refractivity contribution in [1.29, 1.82) is 0 Å². The Morgan fingerprint density at radius 3 is 2.37 bits per heavy atom. The van der Waals surface area contributed by atoms with E-state index < -0.39 is 5.54 Å². The molecule has 1 heterocycles. The minimum absolute atomic E-state index is 0.00826. The highest BCUT2D eigenvalue weighted by molar-refractivity contribution is 5.75. The number of hydrogen-bond acceptors (Lipinski definition) is 3. The van der Waals surface area contributed by atoms with Crippen LogP contribution in [0.1, 0.15) is 46.5 Å². The fourth-order valence-corrected chi connectivity index (χ4v) is 3.00. The number of rotatable bonds is 4. The van der Waals surface area contributed by atoms with Gasteiger partial charge < -0.3 is 20.5 Å². The van der Waals surface area contributed by atoms with Crippen LogP contribution in [0.3, 0.4) is 0 Å². The number of carbonyl (C=O) groups is 1. The lowest BCUT2D eigenvalue weighted by Crippen LogP contribution is -2.56. The Balaban J connectivity index is 1.83. The van der Waals surface area contributed by atoms with E-state index in [1.165, 1.54) is 0 Å². The summed E-state index contributed by atoms with van der Waals surface area (Å²) >= 11 is 0. The molecule has 0 spiro atoms. The molecule has 0 aromatic rings. The highest BCUT2D eigenvalue weighted by Gasteiger charge is 2.42. The molecule has 2 fully saturated rings. The molecule has 1 saturated carbocycles. The second-order valence-electron chi connectivity index (χ2n) is 6.37. The zero-order valence-corrected chi connectivity index (χ0v) is 12.1. The van der Waals surface area contributed by atoms with Crippen molar-refractivity contribution in [3.63, 3.8) is 0 Å². The van der Waals surface area contributed by atoms with Crippen molar-refractivity contribution < 1.29 is 14.6 Å². The van der Waals surface area contributed by atoms with Gasteiger partial charge in [-0.1, -0.05) is 0 Å². The second kappa shape index (κ2) is 5.67. The van der Waals surface area contributed by atoms with Crippen LogP contribution in [0.5, 0.6) is 0 Å². The summed E-state index contributed by atoms with van der Waals surface area (Å²) in [6.07, 6.45) is 4.22. The predicted molar refractivity (Wildman–Crippen MR) is 72.9 cm³/mol. The van der Waals surface area contributed by atoms with Crippen molar-refractivity contribution in [1.82, 2.24) is 10.6 Å². The van der Waals surface area contributed by atoms with Crippen LogP contribution >= 0.6 is 0 Å². The largest absolute Gasteiger partial charge is 0.394 e. The van der Waals surface area contributed by atoms with Gasteiger partial charge in [0, 0.05) is 6.04 Å². The summed E-state index contributed by atoms with van der Waals surface area (Å²) < 4.78 is 5.66. The van der Waals surface area contributed by atoms with Gasteiger partial charge >= 0.3 is 6.03 Å². The normalized spacial score (nSPS) is 34.4. The average Bonchev–Trinajstić information content (AvgIpc) is 3.10. The summed E-state index contributed by atoms with van der Waals surface area (Å²) in [6, 6.07) is -0.0179. The van der Waals surface area contributed by atoms with Gasteiger partial charge in [-0.25, -0.2) is 4.79 Å². The van der Waals surface area contributed by atoms with Gasteiger partial charge in [0.25, 0.3) is 0 Å². The fraction of sp³-hybridized carbons (Fsp3) is 0.929. The van der Waals surface area contributed by atoms with Crippen molar-refractivity contribution in [2.45, 2.75) is 70.2 Å². The van der Waals surface area contributed by atoms with E-state index in [-0.39, 0.29) is 30.9 Å². The smallest absolute Gasteiger partial charge is 0.315 e. The average molecular weight is 270 g/mol. The summed E-state index contributed by atoms with van der Waals surface area (Å²) in [4.78, 5) is 12.1. The summed E-state index contributed by atoms with van der Waals surface area (Å²) in [6.45, 7) is 5.97. The Labute approximate surface area is 115 Å². The zero-order valence-electron chi connectivity index (χ0n) is 12.1. The minimum Gasteiger partial charge on any atom is -0.394 e. The van der Waals surface area contributed by atoms with Gasteiger partial charge in [-0.3, -0.25) is 0 Å². The fourth-order valence-electron chi connectivity index (χ4n) is 3.00. The molecule has 1 aliphatic heterocycles. The number of aliphatic hydroxyl groups excluding tert-OH is 1. The molecule has 0 bridgehead atoms. The molecule has 5 nitrogen and oxygen atoms in total. The summed E-state index contributed by atoms with van der Waals surface area (Å²) in [5.74, 6) is 0.413. The molecule has 110 valence electrons. The number of nitrogens with one attached hydrogen (secondary N) is 2. The quantitative estimate of drug-likeness (QED) is 0.723. The first kappa shape index (κ1) is 14.6. The van der Waals surface area contributed by atoms with Crippen LogP contribution in [0.2, 0.25) is 0 Å². The number of ether oxygens (including phenoxy) is 1. The molecule has 2 aliphatic rings. The van der Waals surface area contributed by atoms with Gasteiger partial charge in [0.15, 0.2) is 0 Å². The molecule has 1 saturated heterocycles. The predicted octanol–water partition coefficient (Wildman–Crippen LogP) is 1.40. The van der Waals surface area contributed by atoms with Crippen LogP contribution in [0.4, 0.5) is 4.79 Å². The highest BCUT2D eigenvalue weighted by Crippen LogP contribution is 2.39. The number of urea groups is 1. The lowest BCUT2D eigenvalue weighted by molar-refractivity contribution is -0.0403. The van der Waals surface area contributed by atoms with E-state index in [0.29, 0.717) is 5.92 Å². The number of hydrogen-bond donors (Lipinski definition) is 3. The molecule has 5 heteroatoms. The maximum Gasteiger partial charge on any atom is 0.315 e. The molecule has 2 rings (SSSR count). The number of carbonyl (C=O) groups excluding carboxylic acids is 1. The van der Waals surface area contributed by atoms with Crippen molar-refractivity contribution in [3.8, 4) is 0 Å². The molecule has 19 heavy (non-hydrogen) atoms. The van der Waals surface area contributed by atoms with Crippen LogP contribution in [-0.2, 0) is 4.74 Å². The molecule has 0 radical (unpaired) electrons. The highest BCUT2D eigenvalue weighted by atomic mass is 16.5. The van der Waals surface area contributed by atoms with E-state index in [9.17, 15) is 9.90 Å². The molecular weight excluding hydrogens is 244 g/mol. The minimum atomic E-state index is -0.480. The molecule has 3 N–H and O–H groups in total. The van der Waals surface area contributed by atoms with E-state index >= 15 is 0 Å². The first-order valence-electron chi connectivity index (χ1n) is 7.28. The van der Waals surface area contributed by atoms with Crippen molar-refractivity contribution in [3.05, 3.63) is 0 Å². The Morgan fingerprint density at radius 1 is 1.32 bits per heavy atom. The van der Waals surface area contributed by atoms with Crippen LogP contribution < -0.4 is 10.6 Å². The Morgan fingerprint density at radius 2 is 1.89 bits per heavy atom. The molecule has 3 atom stereocenters. The van der Waals surface area contributed by atoms with Gasteiger partial charge in [0.1, 0.15) is 0 Å². The van der Waals surface area contributed by atoms with E-state index in [0.717, 1.165) is 25.7 Å². The summed E-state index contributed by atoms with van der Waals surface area (Å²) in [5.41, 5.74) is -0.480. The third-order valence-electron chi connectivity index (χ3n) is 4.24. The Hall–Kier alpha value is -0.810. The monoisotopic (exact) mass is 270 g/mol. The molecule has 2 amide bonds. The molecule has 1 aliphatic carbocycles. The lowest BCUT2D eigenvalue weighted by Gasteiger charge is -2.34. The van der Waals surface area contributed by atoms with Crippen LogP contribution in [0.25, 0.3) is 0 Å². The molecule has 0 aromatic heterocycles. The molecule has 3 unspecified atom stereocenters. The van der Waals surface area contributed by atoms with Crippen LogP contribution in [0, 0.1) is 5.92 Å². The van der Waals surface area contributed by atoms with Crippen molar-refractivity contribution in [2.24, 2.45) is 5.92 Å². The van der Waals surface area contributed by atoms with E-state index in [2.05, 4.69) is 10.6 Å². The Bertz CT molecular complexity index is 323. The summed E-state index contributed by atoms with van der Waals surface area (Å²) in [5, 5.41) is 15.4. The third kappa shape index (κ3) is 3.83. The van der Waals surface area contributed by atoms with Crippen molar-refractivity contribution >= 4 is 6.03 Å². The first-order valence-corrected chi connectivity index (χ1v) is 7.28. The topological polar surface area (TPSA) is 70.6 Å². The zero-order chi connectivity index (χ0) is 14.0. The maximum absolute atomic E-state index is 12.1. The number of aliphatic hydroxyl groups is 1. The second-order valence-corrected chi connectivity index (χ2v) is 6.37. The van der Waals surface area contributed by atoms with Gasteiger partial charge in [-0.15, -0.1) is 0 Å². The lowest BCUT2D eigenvalue weighted by atomic mass is 9.97. The van der Waals surface area contributed by atoms with Crippen LogP contribution in [0.15, 0.2) is 0 Å². The van der Waals surface area contributed by atoms with Gasteiger partial charge in [-0.05, 0) is 52.4 Å². The Kier molecular flexibility index (Phi) is 4.36. The third-order valence-corrected chi connectivity index (χ3v) is 4.24. The summed E-state index contributed by atoms with van der Waals surface area (Å²) in [7, 11) is 0. The number of amides is 2. The maximum atomic E-state index is 12.1. The van der Waals surface area contributed by atoms with E-state index in [4.69, 9.17) is 4.74 Å². The van der Waals surface area contributed by atoms with Crippen molar-refractivity contribution in [2.75, 3.05) is 6.61 Å². The molecular formula is C14H26N2O3. The van der Waals surface area contributed by atoms with Crippen LogP contribution in [-0.4, -0.2) is 41.5 Å². The van der Waals surface area contributed by atoms with Gasteiger partial charge in [0.05, 0.1) is 24.4 Å². The van der Waals surface area contributed by atoms with E-state index in [1.54, 1.807) is 0 Å². The SMILES string of the molecule is CC1CC(NC(=O)NC(C)(CO)C2CC2)CC(C)O1. The standard InChI is InChI=1S/C14H26N2O3/c1-9-6-12(7-10(2)19-9)15-13(18)16-14(3,8-17)11-4-5-11/h9-12,17H,4-8H2,1-3H3,(H2,15,16,18). The van der Waals surface area contributed by atoms with E-state index in [1.807, 2.05) is 20.8 Å². The first-order chi connectivity index (χ1) is 8.93. The molecule has 0 aromatic carbocycles. The van der Waals surface area contributed by atoms with Gasteiger partial charge in [0.2, 0.25) is 0 Å².